The van der Waals surface area contributed by atoms with Crippen molar-refractivity contribution in [1.29, 1.82) is 0 Å². The van der Waals surface area contributed by atoms with Gasteiger partial charge in [-0.05, 0) is 34.6 Å². The van der Waals surface area contributed by atoms with Crippen molar-refractivity contribution in [3.8, 4) is 0 Å². The van der Waals surface area contributed by atoms with Crippen molar-refractivity contribution in [3.05, 3.63) is 34.1 Å². The summed E-state index contributed by atoms with van der Waals surface area (Å²) in [6, 6.07) is 0. The van der Waals surface area contributed by atoms with Crippen molar-refractivity contribution in [2.24, 2.45) is 7.05 Å². The van der Waals surface area contributed by atoms with Crippen molar-refractivity contribution in [2.45, 2.75) is 53.2 Å². The summed E-state index contributed by atoms with van der Waals surface area (Å²) in [6.45, 7) is 11.9. The van der Waals surface area contributed by atoms with Crippen LogP contribution in [-0.4, -0.2) is 24.9 Å². The second-order valence-corrected chi connectivity index (χ2v) is 6.83. The SMILES string of the molecule is Cc1nn(C)c(Cn2c(CNC(C)(C)C)cnc2C)c1Cl. The van der Waals surface area contributed by atoms with Gasteiger partial charge >= 0.3 is 0 Å². The van der Waals surface area contributed by atoms with E-state index in [-0.39, 0.29) is 5.54 Å². The minimum Gasteiger partial charge on any atom is -0.325 e. The van der Waals surface area contributed by atoms with E-state index in [0.717, 1.165) is 34.5 Å². The molecule has 0 spiro atoms. The number of nitrogens with one attached hydrogen (secondary N) is 1. The summed E-state index contributed by atoms with van der Waals surface area (Å²) >= 11 is 6.35. The van der Waals surface area contributed by atoms with Crippen LogP contribution in [0.2, 0.25) is 5.02 Å². The van der Waals surface area contributed by atoms with E-state index < -0.39 is 0 Å². The van der Waals surface area contributed by atoms with Crippen molar-refractivity contribution in [3.63, 3.8) is 0 Å². The van der Waals surface area contributed by atoms with Crippen molar-refractivity contribution < 1.29 is 0 Å². The van der Waals surface area contributed by atoms with E-state index in [1.165, 1.54) is 0 Å². The Morgan fingerprint density at radius 1 is 1.29 bits per heavy atom. The molecule has 2 heterocycles. The van der Waals surface area contributed by atoms with Crippen LogP contribution in [0.1, 0.15) is 43.7 Å². The normalized spacial score (nSPS) is 12.1. The van der Waals surface area contributed by atoms with Crippen LogP contribution in [-0.2, 0) is 20.1 Å². The number of imidazole rings is 1. The van der Waals surface area contributed by atoms with E-state index in [9.17, 15) is 0 Å². The zero-order chi connectivity index (χ0) is 15.8. The fraction of sp³-hybridized carbons (Fsp3) is 0.600. The van der Waals surface area contributed by atoms with Crippen LogP contribution in [0.5, 0.6) is 0 Å². The van der Waals surface area contributed by atoms with Crippen LogP contribution >= 0.6 is 11.6 Å². The van der Waals surface area contributed by atoms with Gasteiger partial charge in [0.1, 0.15) is 5.82 Å². The van der Waals surface area contributed by atoms with Gasteiger partial charge in [0.25, 0.3) is 0 Å². The highest BCUT2D eigenvalue weighted by Crippen LogP contribution is 2.21. The molecule has 6 heteroatoms. The molecule has 0 aliphatic heterocycles. The Kier molecular flexibility index (Phi) is 4.44. The van der Waals surface area contributed by atoms with Gasteiger partial charge in [0, 0.05) is 25.3 Å². The first-order valence-electron chi connectivity index (χ1n) is 7.13. The van der Waals surface area contributed by atoms with E-state index in [4.69, 9.17) is 11.6 Å². The Hall–Kier alpha value is -1.33. The first kappa shape index (κ1) is 16.0. The Balaban J connectivity index is 2.26. The molecule has 0 aliphatic rings. The van der Waals surface area contributed by atoms with Gasteiger partial charge in [-0.3, -0.25) is 4.68 Å². The molecule has 0 fully saturated rings. The fourth-order valence-electron chi connectivity index (χ4n) is 2.23. The minimum absolute atomic E-state index is 0.0732. The highest BCUT2D eigenvalue weighted by Gasteiger charge is 2.16. The van der Waals surface area contributed by atoms with Gasteiger partial charge in [0.15, 0.2) is 0 Å². The predicted molar refractivity (Wildman–Crippen MR) is 85.6 cm³/mol. The maximum atomic E-state index is 6.35. The smallest absolute Gasteiger partial charge is 0.106 e. The van der Waals surface area contributed by atoms with Gasteiger partial charge in [-0.2, -0.15) is 5.10 Å². The van der Waals surface area contributed by atoms with Crippen LogP contribution in [0.15, 0.2) is 6.20 Å². The lowest BCUT2D eigenvalue weighted by Crippen LogP contribution is -2.35. The Morgan fingerprint density at radius 3 is 2.48 bits per heavy atom. The summed E-state index contributed by atoms with van der Waals surface area (Å²) in [6.07, 6.45) is 1.92. The summed E-state index contributed by atoms with van der Waals surface area (Å²) < 4.78 is 4.03. The molecule has 0 unspecified atom stereocenters. The monoisotopic (exact) mass is 309 g/mol. The highest BCUT2D eigenvalue weighted by molar-refractivity contribution is 6.31. The summed E-state index contributed by atoms with van der Waals surface area (Å²) in [5, 5.41) is 8.60. The van der Waals surface area contributed by atoms with E-state index in [0.29, 0.717) is 6.54 Å². The topological polar surface area (TPSA) is 47.7 Å². The van der Waals surface area contributed by atoms with E-state index in [1.807, 2.05) is 31.8 Å². The molecule has 0 saturated heterocycles. The molecule has 0 bridgehead atoms. The summed E-state index contributed by atoms with van der Waals surface area (Å²) in [5.74, 6) is 0.982. The van der Waals surface area contributed by atoms with Crippen LogP contribution in [0.4, 0.5) is 0 Å². The molecule has 0 radical (unpaired) electrons. The number of aryl methyl sites for hydroxylation is 3. The zero-order valence-electron chi connectivity index (χ0n) is 13.7. The first-order valence-corrected chi connectivity index (χ1v) is 7.51. The predicted octanol–water partition coefficient (Wildman–Crippen LogP) is 2.82. The highest BCUT2D eigenvalue weighted by atomic mass is 35.5. The zero-order valence-corrected chi connectivity index (χ0v) is 14.4. The van der Waals surface area contributed by atoms with E-state index in [1.54, 1.807) is 0 Å². The second-order valence-electron chi connectivity index (χ2n) is 6.46. The Labute approximate surface area is 131 Å². The average Bonchev–Trinajstić information content (AvgIpc) is 2.82. The number of halogens is 1. The summed E-state index contributed by atoms with van der Waals surface area (Å²) in [4.78, 5) is 4.43. The Morgan fingerprint density at radius 2 is 1.95 bits per heavy atom. The largest absolute Gasteiger partial charge is 0.325 e. The molecule has 0 amide bonds. The molecular formula is C15H24ClN5. The van der Waals surface area contributed by atoms with Gasteiger partial charge in [-0.15, -0.1) is 0 Å². The molecule has 0 aromatic carbocycles. The van der Waals surface area contributed by atoms with Crippen LogP contribution in [0.25, 0.3) is 0 Å². The number of hydrogen-bond acceptors (Lipinski definition) is 3. The molecule has 2 rings (SSSR count). The van der Waals surface area contributed by atoms with Crippen molar-refractivity contribution in [2.75, 3.05) is 0 Å². The number of hydrogen-bond donors (Lipinski definition) is 1. The number of aromatic nitrogens is 4. The number of rotatable bonds is 4. The lowest BCUT2D eigenvalue weighted by molar-refractivity contribution is 0.416. The van der Waals surface area contributed by atoms with Crippen LogP contribution < -0.4 is 5.32 Å². The lowest BCUT2D eigenvalue weighted by Gasteiger charge is -2.21. The van der Waals surface area contributed by atoms with Crippen molar-refractivity contribution >= 4 is 11.6 Å². The maximum Gasteiger partial charge on any atom is 0.106 e. The summed E-state index contributed by atoms with van der Waals surface area (Å²) in [7, 11) is 1.92. The fourth-order valence-corrected chi connectivity index (χ4v) is 2.45. The minimum atomic E-state index is 0.0732. The molecule has 1 N–H and O–H groups in total. The maximum absolute atomic E-state index is 6.35. The molecule has 0 aliphatic carbocycles. The third-order valence-corrected chi connectivity index (χ3v) is 4.00. The average molecular weight is 310 g/mol. The third-order valence-electron chi connectivity index (χ3n) is 3.51. The van der Waals surface area contributed by atoms with Crippen molar-refractivity contribution in [1.82, 2.24) is 24.6 Å². The molecule has 116 valence electrons. The van der Waals surface area contributed by atoms with Gasteiger partial charge in [-0.1, -0.05) is 11.6 Å². The van der Waals surface area contributed by atoms with Gasteiger partial charge in [-0.25, -0.2) is 4.98 Å². The second kappa shape index (κ2) is 5.81. The Bertz CT molecular complexity index is 633. The van der Waals surface area contributed by atoms with Crippen LogP contribution in [0.3, 0.4) is 0 Å². The molecule has 0 saturated carbocycles. The van der Waals surface area contributed by atoms with E-state index in [2.05, 4.69) is 40.7 Å². The molecule has 2 aromatic rings. The first-order chi connectivity index (χ1) is 9.69. The lowest BCUT2D eigenvalue weighted by atomic mass is 10.1. The molecular weight excluding hydrogens is 286 g/mol. The van der Waals surface area contributed by atoms with Crippen LogP contribution in [0, 0.1) is 13.8 Å². The third kappa shape index (κ3) is 3.66. The summed E-state index contributed by atoms with van der Waals surface area (Å²) in [5.41, 5.74) is 3.09. The van der Waals surface area contributed by atoms with E-state index >= 15 is 0 Å². The standard InChI is InChI=1S/C15H24ClN5/c1-10-14(16)13(20(6)19-10)9-21-11(2)17-7-12(21)8-18-15(3,4)5/h7,18H,8-9H2,1-6H3. The molecule has 5 nitrogen and oxygen atoms in total. The molecule has 0 atom stereocenters. The van der Waals surface area contributed by atoms with Gasteiger partial charge in [0.05, 0.1) is 28.6 Å². The number of nitrogens with zero attached hydrogens (tertiary/aromatic N) is 4. The molecule has 21 heavy (non-hydrogen) atoms. The quantitative estimate of drug-likeness (QED) is 0.944. The van der Waals surface area contributed by atoms with Gasteiger partial charge < -0.3 is 9.88 Å². The van der Waals surface area contributed by atoms with Gasteiger partial charge in [0.2, 0.25) is 0 Å². The molecule has 2 aromatic heterocycles.